The molecule has 0 aliphatic carbocycles. The van der Waals surface area contributed by atoms with E-state index in [2.05, 4.69) is 11.4 Å². The van der Waals surface area contributed by atoms with E-state index in [0.717, 1.165) is 22.5 Å². The summed E-state index contributed by atoms with van der Waals surface area (Å²) in [6, 6.07) is 18.1. The van der Waals surface area contributed by atoms with Crippen LogP contribution in [0.4, 0.5) is 11.4 Å². The van der Waals surface area contributed by atoms with Gasteiger partial charge in [0.25, 0.3) is 0 Å². The van der Waals surface area contributed by atoms with Gasteiger partial charge in [-0.15, -0.1) is 0 Å². The quantitative estimate of drug-likeness (QED) is 0.829. The zero-order valence-electron chi connectivity index (χ0n) is 11.9. The fourth-order valence-electron chi connectivity index (χ4n) is 1.96. The normalized spacial score (nSPS) is 10.8. The average Bonchev–Trinajstić information content (AvgIpc) is 2.47. The lowest BCUT2D eigenvalue weighted by molar-refractivity contribution is 0.687. The van der Waals surface area contributed by atoms with Crippen molar-refractivity contribution < 1.29 is 0 Å². The molecule has 0 bridgehead atoms. The van der Waals surface area contributed by atoms with E-state index in [1.165, 1.54) is 0 Å². The molecular formula is C17H19N3. The largest absolute Gasteiger partial charge is 0.398 e. The number of rotatable bonds is 4. The Morgan fingerprint density at radius 2 is 1.75 bits per heavy atom. The van der Waals surface area contributed by atoms with E-state index < -0.39 is 5.41 Å². The molecule has 0 fully saturated rings. The predicted molar refractivity (Wildman–Crippen MR) is 83.3 cm³/mol. The maximum absolute atomic E-state index is 9.12. The first-order valence-corrected chi connectivity index (χ1v) is 6.62. The lowest BCUT2D eigenvalue weighted by atomic mass is 9.86. The highest BCUT2D eigenvalue weighted by atomic mass is 14.9. The first-order valence-electron chi connectivity index (χ1n) is 6.62. The van der Waals surface area contributed by atoms with E-state index in [4.69, 9.17) is 11.0 Å². The molecule has 0 aliphatic rings. The van der Waals surface area contributed by atoms with Crippen LogP contribution in [0.1, 0.15) is 25.0 Å². The molecule has 20 heavy (non-hydrogen) atoms. The van der Waals surface area contributed by atoms with Crippen LogP contribution in [0.3, 0.4) is 0 Å². The number of nitrogens with two attached hydrogens (primary N) is 1. The smallest absolute Gasteiger partial charge is 0.0766 e. The second-order valence-corrected chi connectivity index (χ2v) is 5.37. The molecule has 2 aromatic carbocycles. The lowest BCUT2D eigenvalue weighted by Gasteiger charge is -2.16. The molecule has 0 aromatic heterocycles. The molecule has 2 rings (SSSR count). The van der Waals surface area contributed by atoms with Crippen LogP contribution in [0.2, 0.25) is 0 Å². The summed E-state index contributed by atoms with van der Waals surface area (Å²) >= 11 is 0. The summed E-state index contributed by atoms with van der Waals surface area (Å²) in [5.74, 6) is 0. The van der Waals surface area contributed by atoms with Crippen molar-refractivity contribution in [2.45, 2.75) is 25.8 Å². The van der Waals surface area contributed by atoms with Gasteiger partial charge in [-0.3, -0.25) is 0 Å². The maximum Gasteiger partial charge on any atom is 0.0766 e. The first kappa shape index (κ1) is 14.0. The summed E-state index contributed by atoms with van der Waals surface area (Å²) in [5.41, 5.74) is 9.36. The van der Waals surface area contributed by atoms with E-state index in [1.54, 1.807) is 0 Å². The molecule has 2 aromatic rings. The summed E-state index contributed by atoms with van der Waals surface area (Å²) in [5, 5.41) is 12.5. The van der Waals surface area contributed by atoms with E-state index in [9.17, 15) is 0 Å². The summed E-state index contributed by atoms with van der Waals surface area (Å²) < 4.78 is 0. The molecule has 0 heterocycles. The number of hydrogen-bond donors (Lipinski definition) is 2. The summed E-state index contributed by atoms with van der Waals surface area (Å²) in [7, 11) is 0. The minimum Gasteiger partial charge on any atom is -0.398 e. The van der Waals surface area contributed by atoms with Gasteiger partial charge in [0.15, 0.2) is 0 Å². The predicted octanol–water partition coefficient (Wildman–Crippen LogP) is 3.68. The second kappa shape index (κ2) is 5.66. The second-order valence-electron chi connectivity index (χ2n) is 5.37. The van der Waals surface area contributed by atoms with Gasteiger partial charge in [-0.25, -0.2) is 0 Å². The van der Waals surface area contributed by atoms with E-state index >= 15 is 0 Å². The van der Waals surface area contributed by atoms with E-state index in [-0.39, 0.29) is 0 Å². The highest BCUT2D eigenvalue weighted by Gasteiger charge is 2.18. The standard InChI is InChI=1S/C17H19N3/c1-17(2,12-18)14-7-9-15(10-8-14)20-11-13-5-3-4-6-16(13)19/h3-10,20H,11,19H2,1-2H3. The summed E-state index contributed by atoms with van der Waals surface area (Å²) in [4.78, 5) is 0. The molecule has 0 unspecified atom stereocenters. The van der Waals surface area contributed by atoms with Crippen molar-refractivity contribution in [2.24, 2.45) is 0 Å². The molecule has 0 radical (unpaired) electrons. The number of nitrogens with zero attached hydrogens (tertiary/aromatic N) is 1. The third kappa shape index (κ3) is 3.10. The summed E-state index contributed by atoms with van der Waals surface area (Å²) in [6.45, 7) is 4.52. The number of benzene rings is 2. The third-order valence-electron chi connectivity index (χ3n) is 3.42. The molecule has 0 saturated heterocycles. The van der Waals surface area contributed by atoms with Crippen molar-refractivity contribution >= 4 is 11.4 Å². The van der Waals surface area contributed by atoms with Crippen LogP contribution in [0.5, 0.6) is 0 Å². The molecule has 0 amide bonds. The zero-order valence-corrected chi connectivity index (χ0v) is 11.9. The van der Waals surface area contributed by atoms with Gasteiger partial charge in [0.2, 0.25) is 0 Å². The van der Waals surface area contributed by atoms with Gasteiger partial charge < -0.3 is 11.1 Å². The van der Waals surface area contributed by atoms with Crippen LogP contribution in [0.25, 0.3) is 0 Å². The van der Waals surface area contributed by atoms with Crippen LogP contribution in [-0.2, 0) is 12.0 Å². The molecule has 0 spiro atoms. The molecule has 0 aliphatic heterocycles. The highest BCUT2D eigenvalue weighted by Crippen LogP contribution is 2.24. The Morgan fingerprint density at radius 3 is 2.35 bits per heavy atom. The average molecular weight is 265 g/mol. The van der Waals surface area contributed by atoms with Crippen LogP contribution in [0, 0.1) is 11.3 Å². The number of para-hydroxylation sites is 1. The molecule has 0 atom stereocenters. The molecular weight excluding hydrogens is 246 g/mol. The number of nitriles is 1. The first-order chi connectivity index (χ1) is 9.53. The van der Waals surface area contributed by atoms with Crippen LogP contribution >= 0.6 is 0 Å². The Labute approximate surface area is 120 Å². The van der Waals surface area contributed by atoms with Crippen molar-refractivity contribution in [3.05, 3.63) is 59.7 Å². The van der Waals surface area contributed by atoms with Crippen LogP contribution in [-0.4, -0.2) is 0 Å². The van der Waals surface area contributed by atoms with Crippen LogP contribution in [0.15, 0.2) is 48.5 Å². The monoisotopic (exact) mass is 265 g/mol. The Morgan fingerprint density at radius 1 is 1.10 bits per heavy atom. The highest BCUT2D eigenvalue weighted by molar-refractivity contribution is 5.51. The Hall–Kier alpha value is -2.47. The fraction of sp³-hybridized carbons (Fsp3) is 0.235. The van der Waals surface area contributed by atoms with Gasteiger partial charge in [-0.1, -0.05) is 30.3 Å². The molecule has 3 N–H and O–H groups in total. The van der Waals surface area contributed by atoms with E-state index in [0.29, 0.717) is 6.54 Å². The number of anilines is 2. The topological polar surface area (TPSA) is 61.8 Å². The van der Waals surface area contributed by atoms with Gasteiger partial charge in [-0.05, 0) is 43.2 Å². The number of hydrogen-bond acceptors (Lipinski definition) is 3. The van der Waals surface area contributed by atoms with Crippen molar-refractivity contribution in [3.63, 3.8) is 0 Å². The Balaban J connectivity index is 2.06. The van der Waals surface area contributed by atoms with Crippen molar-refractivity contribution in [1.29, 1.82) is 5.26 Å². The Bertz CT molecular complexity index is 621. The van der Waals surface area contributed by atoms with Crippen molar-refractivity contribution in [1.82, 2.24) is 0 Å². The van der Waals surface area contributed by atoms with Gasteiger partial charge >= 0.3 is 0 Å². The molecule has 3 nitrogen and oxygen atoms in total. The van der Waals surface area contributed by atoms with Gasteiger partial charge in [0.1, 0.15) is 0 Å². The van der Waals surface area contributed by atoms with Gasteiger partial charge in [0, 0.05) is 17.9 Å². The van der Waals surface area contributed by atoms with Gasteiger partial charge in [-0.2, -0.15) is 5.26 Å². The Kier molecular flexibility index (Phi) is 3.95. The fourth-order valence-corrected chi connectivity index (χ4v) is 1.96. The van der Waals surface area contributed by atoms with Gasteiger partial charge in [0.05, 0.1) is 11.5 Å². The van der Waals surface area contributed by atoms with E-state index in [1.807, 2.05) is 62.4 Å². The molecule has 3 heteroatoms. The minimum atomic E-state index is -0.456. The third-order valence-corrected chi connectivity index (χ3v) is 3.42. The van der Waals surface area contributed by atoms with Crippen LogP contribution < -0.4 is 11.1 Å². The maximum atomic E-state index is 9.12. The van der Waals surface area contributed by atoms with Crippen molar-refractivity contribution in [2.75, 3.05) is 11.1 Å². The number of nitrogen functional groups attached to an aromatic ring is 1. The lowest BCUT2D eigenvalue weighted by Crippen LogP contribution is -2.13. The SMILES string of the molecule is CC(C)(C#N)c1ccc(NCc2ccccc2N)cc1. The number of nitrogens with one attached hydrogen (secondary N) is 1. The zero-order chi connectivity index (χ0) is 14.6. The minimum absolute atomic E-state index is 0.456. The molecule has 0 saturated carbocycles. The summed E-state index contributed by atoms with van der Waals surface area (Å²) in [6.07, 6.45) is 0. The molecule has 102 valence electrons. The van der Waals surface area contributed by atoms with Crippen molar-refractivity contribution in [3.8, 4) is 6.07 Å².